The lowest BCUT2D eigenvalue weighted by molar-refractivity contribution is -0.116. The van der Waals surface area contributed by atoms with Crippen LogP contribution in [0.3, 0.4) is 0 Å². The number of sulfonamides is 1. The summed E-state index contributed by atoms with van der Waals surface area (Å²) in [4.78, 5) is 24.9. The van der Waals surface area contributed by atoms with Crippen LogP contribution in [0.1, 0.15) is 30.5 Å². The summed E-state index contributed by atoms with van der Waals surface area (Å²) in [5.74, 6) is -0.285. The number of hydrogen-bond donors (Lipinski definition) is 2. The molecule has 2 aromatic rings. The summed E-state index contributed by atoms with van der Waals surface area (Å²) in [7, 11) is -3.82. The maximum Gasteiger partial charge on any atom is 0.261 e. The zero-order valence-electron chi connectivity index (χ0n) is 16.3. The van der Waals surface area contributed by atoms with Crippen molar-refractivity contribution in [1.82, 2.24) is 0 Å². The number of nitrogens with zero attached hydrogens (tertiary/aromatic N) is 1. The number of carbonyl (C=O) groups excluding carboxylic acids is 2. The zero-order chi connectivity index (χ0) is 20.6. The summed E-state index contributed by atoms with van der Waals surface area (Å²) in [6.45, 7) is 7.00. The van der Waals surface area contributed by atoms with Gasteiger partial charge in [0.15, 0.2) is 0 Å². The van der Waals surface area contributed by atoms with Crippen molar-refractivity contribution in [3.8, 4) is 0 Å². The minimum absolute atomic E-state index is 0.0708. The molecule has 0 saturated heterocycles. The third-order valence-corrected chi connectivity index (χ3v) is 6.09. The Kier molecular flexibility index (Phi) is 5.16. The molecule has 0 saturated carbocycles. The minimum Gasteiger partial charge on any atom is -0.326 e. The second kappa shape index (κ2) is 7.27. The van der Waals surface area contributed by atoms with Gasteiger partial charge in [-0.3, -0.25) is 14.3 Å². The molecule has 0 aliphatic carbocycles. The van der Waals surface area contributed by atoms with Gasteiger partial charge in [-0.1, -0.05) is 6.07 Å². The van der Waals surface area contributed by atoms with Crippen LogP contribution in [0.15, 0.2) is 35.2 Å². The predicted octanol–water partition coefficient (Wildman–Crippen LogP) is 2.97. The van der Waals surface area contributed by atoms with E-state index in [1.54, 1.807) is 30.9 Å². The number of amides is 2. The number of aryl methyl sites for hydroxylation is 2. The van der Waals surface area contributed by atoms with Crippen molar-refractivity contribution in [3.05, 3.63) is 47.0 Å². The first-order valence-electron chi connectivity index (χ1n) is 8.91. The van der Waals surface area contributed by atoms with Crippen LogP contribution in [0, 0.1) is 13.8 Å². The maximum atomic E-state index is 12.9. The lowest BCUT2D eigenvalue weighted by Crippen LogP contribution is -2.25. The second-order valence-electron chi connectivity index (χ2n) is 6.98. The number of rotatable bonds is 4. The van der Waals surface area contributed by atoms with E-state index in [4.69, 9.17) is 0 Å². The Morgan fingerprint density at radius 1 is 1.04 bits per heavy atom. The van der Waals surface area contributed by atoms with Gasteiger partial charge in [0, 0.05) is 31.8 Å². The van der Waals surface area contributed by atoms with Gasteiger partial charge in [0.05, 0.1) is 10.6 Å². The number of hydrogen-bond acceptors (Lipinski definition) is 4. The van der Waals surface area contributed by atoms with Crippen LogP contribution in [-0.2, 0) is 26.0 Å². The smallest absolute Gasteiger partial charge is 0.261 e. The second-order valence-corrected chi connectivity index (χ2v) is 8.67. The number of benzene rings is 2. The number of fused-ring (bicyclic) bond motifs is 1. The van der Waals surface area contributed by atoms with Crippen molar-refractivity contribution in [2.45, 2.75) is 39.0 Å². The van der Waals surface area contributed by atoms with E-state index < -0.39 is 10.0 Å². The Morgan fingerprint density at radius 2 is 1.68 bits per heavy atom. The van der Waals surface area contributed by atoms with Crippen LogP contribution in [-0.4, -0.2) is 26.8 Å². The summed E-state index contributed by atoms with van der Waals surface area (Å²) in [5.41, 5.74) is 4.08. The average molecular weight is 401 g/mol. The molecule has 0 spiro atoms. The normalized spacial score (nSPS) is 13.2. The van der Waals surface area contributed by atoms with E-state index in [1.165, 1.54) is 26.0 Å². The topological polar surface area (TPSA) is 95.6 Å². The van der Waals surface area contributed by atoms with Gasteiger partial charge in [0.1, 0.15) is 0 Å². The highest BCUT2D eigenvalue weighted by Gasteiger charge is 2.24. The van der Waals surface area contributed by atoms with Crippen molar-refractivity contribution >= 4 is 38.9 Å². The Labute approximate surface area is 164 Å². The molecular weight excluding hydrogens is 378 g/mol. The molecule has 0 fully saturated rings. The van der Waals surface area contributed by atoms with E-state index in [0.717, 1.165) is 17.7 Å². The summed E-state index contributed by atoms with van der Waals surface area (Å²) in [5, 5.41) is 2.72. The maximum absolute atomic E-state index is 12.9. The van der Waals surface area contributed by atoms with Gasteiger partial charge >= 0.3 is 0 Å². The molecule has 2 amide bonds. The Bertz CT molecular complexity index is 1050. The fourth-order valence-electron chi connectivity index (χ4n) is 3.44. The fourth-order valence-corrected chi connectivity index (χ4v) is 4.65. The summed E-state index contributed by atoms with van der Waals surface area (Å²) in [6, 6.07) is 8.27. The fraction of sp³-hybridized carbons (Fsp3) is 0.300. The van der Waals surface area contributed by atoms with E-state index in [0.29, 0.717) is 29.0 Å². The Morgan fingerprint density at radius 3 is 2.25 bits per heavy atom. The molecule has 3 rings (SSSR count). The standard InChI is InChI=1S/C20H23N3O4S/c1-12-9-18(10-13(2)20(12)21-14(3)24)28(26,27)22-17-6-5-16-7-8-23(15(4)25)19(16)11-17/h5-6,9-11,22H,7-8H2,1-4H3,(H,21,24). The van der Waals surface area contributed by atoms with Crippen LogP contribution in [0.4, 0.5) is 17.1 Å². The van der Waals surface area contributed by atoms with Crippen LogP contribution in [0.2, 0.25) is 0 Å². The first-order chi connectivity index (χ1) is 13.1. The molecule has 2 N–H and O–H groups in total. The highest BCUT2D eigenvalue weighted by atomic mass is 32.2. The first-order valence-corrected chi connectivity index (χ1v) is 10.4. The van der Waals surface area contributed by atoms with Crippen molar-refractivity contribution in [1.29, 1.82) is 0 Å². The molecular formula is C20H23N3O4S. The van der Waals surface area contributed by atoms with Gasteiger partial charge < -0.3 is 10.2 Å². The lowest BCUT2D eigenvalue weighted by Gasteiger charge is -2.17. The quantitative estimate of drug-likeness (QED) is 0.823. The van der Waals surface area contributed by atoms with E-state index in [-0.39, 0.29) is 16.7 Å². The van der Waals surface area contributed by atoms with E-state index in [2.05, 4.69) is 10.0 Å². The summed E-state index contributed by atoms with van der Waals surface area (Å²) >= 11 is 0. The monoisotopic (exact) mass is 401 g/mol. The van der Waals surface area contributed by atoms with Crippen molar-refractivity contribution < 1.29 is 18.0 Å². The van der Waals surface area contributed by atoms with E-state index in [1.807, 2.05) is 6.07 Å². The minimum atomic E-state index is -3.82. The van der Waals surface area contributed by atoms with Crippen molar-refractivity contribution in [2.24, 2.45) is 0 Å². The third kappa shape index (κ3) is 3.87. The summed E-state index contributed by atoms with van der Waals surface area (Å²) in [6.07, 6.45) is 0.755. The van der Waals surface area contributed by atoms with Crippen LogP contribution < -0.4 is 14.9 Å². The molecule has 148 valence electrons. The highest BCUT2D eigenvalue weighted by molar-refractivity contribution is 7.92. The lowest BCUT2D eigenvalue weighted by atomic mass is 10.1. The highest BCUT2D eigenvalue weighted by Crippen LogP contribution is 2.32. The molecule has 0 radical (unpaired) electrons. The average Bonchev–Trinajstić information content (AvgIpc) is 3.00. The molecule has 2 aromatic carbocycles. The van der Waals surface area contributed by atoms with Crippen molar-refractivity contribution in [3.63, 3.8) is 0 Å². The van der Waals surface area contributed by atoms with Crippen LogP contribution in [0.5, 0.6) is 0 Å². The number of anilines is 3. The largest absolute Gasteiger partial charge is 0.326 e. The molecule has 7 nitrogen and oxygen atoms in total. The molecule has 0 bridgehead atoms. The number of carbonyl (C=O) groups is 2. The van der Waals surface area contributed by atoms with Crippen LogP contribution >= 0.6 is 0 Å². The molecule has 1 heterocycles. The first kappa shape index (κ1) is 19.9. The summed E-state index contributed by atoms with van der Waals surface area (Å²) < 4.78 is 28.3. The molecule has 0 aromatic heterocycles. The van der Waals surface area contributed by atoms with E-state index >= 15 is 0 Å². The van der Waals surface area contributed by atoms with Gasteiger partial charge in [0.25, 0.3) is 10.0 Å². The van der Waals surface area contributed by atoms with Gasteiger partial charge in [-0.2, -0.15) is 0 Å². The van der Waals surface area contributed by atoms with Gasteiger partial charge in [-0.25, -0.2) is 8.42 Å². The SMILES string of the molecule is CC(=O)Nc1c(C)cc(S(=O)(=O)Nc2ccc3c(c2)N(C(C)=O)CC3)cc1C. The van der Waals surface area contributed by atoms with Crippen LogP contribution in [0.25, 0.3) is 0 Å². The Balaban J connectivity index is 1.92. The predicted molar refractivity (Wildman–Crippen MR) is 109 cm³/mol. The zero-order valence-corrected chi connectivity index (χ0v) is 17.1. The third-order valence-electron chi connectivity index (χ3n) is 4.73. The molecule has 0 atom stereocenters. The van der Waals surface area contributed by atoms with Gasteiger partial charge in [-0.15, -0.1) is 0 Å². The molecule has 1 aliphatic heterocycles. The Hall–Kier alpha value is -2.87. The molecule has 0 unspecified atom stereocenters. The number of nitrogens with one attached hydrogen (secondary N) is 2. The van der Waals surface area contributed by atoms with Crippen molar-refractivity contribution in [2.75, 3.05) is 21.5 Å². The molecule has 1 aliphatic rings. The van der Waals surface area contributed by atoms with Gasteiger partial charge in [0.2, 0.25) is 11.8 Å². The van der Waals surface area contributed by atoms with Gasteiger partial charge in [-0.05, 0) is 61.2 Å². The van der Waals surface area contributed by atoms with E-state index in [9.17, 15) is 18.0 Å². The molecule has 28 heavy (non-hydrogen) atoms. The molecule has 8 heteroatoms.